The number of rotatable bonds is 6. The van der Waals surface area contributed by atoms with E-state index in [4.69, 9.17) is 0 Å². The van der Waals surface area contributed by atoms with Gasteiger partial charge in [0.2, 0.25) is 5.91 Å². The molecule has 1 N–H and O–H groups in total. The molecule has 2 aromatic carbocycles. The van der Waals surface area contributed by atoms with Gasteiger partial charge >= 0.3 is 0 Å². The molecule has 1 aliphatic heterocycles. The van der Waals surface area contributed by atoms with E-state index in [0.717, 1.165) is 31.6 Å². The maximum Gasteiger partial charge on any atom is 0.228 e. The van der Waals surface area contributed by atoms with Crippen molar-refractivity contribution >= 4 is 5.91 Å². The first kappa shape index (κ1) is 21.1. The quantitative estimate of drug-likeness (QED) is 0.729. The number of carbonyl (C=O) groups is 1. The van der Waals surface area contributed by atoms with Crippen molar-refractivity contribution in [2.45, 2.75) is 59.0 Å². The van der Waals surface area contributed by atoms with Crippen LogP contribution in [0.25, 0.3) is 0 Å². The van der Waals surface area contributed by atoms with Gasteiger partial charge in [-0.15, -0.1) is 0 Å². The minimum atomic E-state index is -0.0719. The molecule has 30 heavy (non-hydrogen) atoms. The Labute approximate surface area is 181 Å². The zero-order chi connectivity index (χ0) is 21.3. The van der Waals surface area contributed by atoms with Crippen LogP contribution in [0, 0.1) is 31.6 Å². The van der Waals surface area contributed by atoms with Crippen LogP contribution in [0.15, 0.2) is 48.5 Å². The van der Waals surface area contributed by atoms with E-state index in [-0.39, 0.29) is 17.7 Å². The van der Waals surface area contributed by atoms with Crippen LogP contribution in [0.1, 0.15) is 54.9 Å². The Morgan fingerprint density at radius 3 is 2.37 bits per heavy atom. The molecular weight excluding hydrogens is 368 g/mol. The number of aryl methyl sites for hydroxylation is 2. The fraction of sp³-hybridized carbons (Fsp3) is 0.519. The van der Waals surface area contributed by atoms with Crippen LogP contribution in [0.4, 0.5) is 0 Å². The smallest absolute Gasteiger partial charge is 0.228 e. The molecule has 3 heteroatoms. The van der Waals surface area contributed by atoms with Gasteiger partial charge in [-0.05, 0) is 66.7 Å². The summed E-state index contributed by atoms with van der Waals surface area (Å²) in [6.45, 7) is 12.0. The normalized spacial score (nSPS) is 24.8. The number of nitrogens with one attached hydrogen (secondary N) is 1. The lowest BCUT2D eigenvalue weighted by Gasteiger charge is -2.26. The van der Waals surface area contributed by atoms with Gasteiger partial charge < -0.3 is 5.32 Å². The standard InChI is InChI=1S/C27H36N2O/c1-18(2)26(21-11-6-5-7-12-21)27(30)28-25-14-13-22-15-29(17-24(22)25)16-23-19(3)9-8-10-20(23)4/h5-12,18,22,24-26H,13-17H2,1-4H3,(H,28,30)/t22-,24+,25+,26?/m1/s1. The molecule has 1 saturated heterocycles. The molecule has 4 rings (SSSR count). The molecule has 0 radical (unpaired) electrons. The second-order valence-electron chi connectivity index (χ2n) is 9.81. The van der Waals surface area contributed by atoms with Gasteiger partial charge in [-0.2, -0.15) is 0 Å². The van der Waals surface area contributed by atoms with Gasteiger partial charge in [0, 0.05) is 25.7 Å². The highest BCUT2D eigenvalue weighted by Crippen LogP contribution is 2.39. The molecule has 3 nitrogen and oxygen atoms in total. The molecule has 4 atom stereocenters. The Balaban J connectivity index is 1.41. The molecule has 1 aliphatic carbocycles. The third-order valence-electron chi connectivity index (χ3n) is 7.39. The number of carbonyl (C=O) groups excluding carboxylic acids is 1. The van der Waals surface area contributed by atoms with Gasteiger partial charge in [0.15, 0.2) is 0 Å². The molecule has 2 fully saturated rings. The molecule has 1 amide bonds. The summed E-state index contributed by atoms with van der Waals surface area (Å²) in [6.07, 6.45) is 2.36. The molecule has 2 aromatic rings. The molecule has 160 valence electrons. The van der Waals surface area contributed by atoms with Crippen molar-refractivity contribution in [1.29, 1.82) is 0 Å². The molecule has 1 heterocycles. The lowest BCUT2D eigenvalue weighted by atomic mass is 9.87. The summed E-state index contributed by atoms with van der Waals surface area (Å²) < 4.78 is 0. The first-order valence-corrected chi connectivity index (χ1v) is 11.6. The van der Waals surface area contributed by atoms with Crippen LogP contribution in [0.3, 0.4) is 0 Å². The highest BCUT2D eigenvalue weighted by Gasteiger charge is 2.43. The number of fused-ring (bicyclic) bond motifs is 1. The molecule has 1 saturated carbocycles. The van der Waals surface area contributed by atoms with Gasteiger partial charge in [-0.1, -0.05) is 62.4 Å². The van der Waals surface area contributed by atoms with Gasteiger partial charge in [0.1, 0.15) is 0 Å². The van der Waals surface area contributed by atoms with E-state index in [9.17, 15) is 4.79 Å². The maximum absolute atomic E-state index is 13.3. The number of hydrogen-bond acceptors (Lipinski definition) is 2. The van der Waals surface area contributed by atoms with E-state index in [1.807, 2.05) is 18.2 Å². The van der Waals surface area contributed by atoms with E-state index in [2.05, 4.69) is 68.2 Å². The van der Waals surface area contributed by atoms with Crippen LogP contribution >= 0.6 is 0 Å². The first-order valence-electron chi connectivity index (χ1n) is 11.6. The first-order chi connectivity index (χ1) is 14.4. The van der Waals surface area contributed by atoms with Gasteiger partial charge in [-0.25, -0.2) is 0 Å². The minimum Gasteiger partial charge on any atom is -0.352 e. The molecule has 0 bridgehead atoms. The van der Waals surface area contributed by atoms with E-state index < -0.39 is 0 Å². The Morgan fingerprint density at radius 2 is 1.70 bits per heavy atom. The van der Waals surface area contributed by atoms with Crippen molar-refractivity contribution in [3.63, 3.8) is 0 Å². The Morgan fingerprint density at radius 1 is 1.00 bits per heavy atom. The number of benzene rings is 2. The lowest BCUT2D eigenvalue weighted by Crippen LogP contribution is -2.43. The van der Waals surface area contributed by atoms with E-state index in [1.54, 1.807) is 0 Å². The van der Waals surface area contributed by atoms with Crippen LogP contribution in [0.2, 0.25) is 0 Å². The zero-order valence-corrected chi connectivity index (χ0v) is 18.9. The van der Waals surface area contributed by atoms with Crippen molar-refractivity contribution in [3.8, 4) is 0 Å². The Bertz CT molecular complexity index is 855. The monoisotopic (exact) mass is 404 g/mol. The molecular formula is C27H36N2O. The van der Waals surface area contributed by atoms with Crippen LogP contribution in [-0.4, -0.2) is 29.9 Å². The minimum absolute atomic E-state index is 0.0719. The summed E-state index contributed by atoms with van der Waals surface area (Å²) in [7, 11) is 0. The van der Waals surface area contributed by atoms with E-state index >= 15 is 0 Å². The third kappa shape index (κ3) is 4.32. The molecule has 0 spiro atoms. The second kappa shape index (κ2) is 8.93. The van der Waals surface area contributed by atoms with Gasteiger partial charge in [-0.3, -0.25) is 9.69 Å². The summed E-state index contributed by atoms with van der Waals surface area (Å²) in [5, 5.41) is 3.47. The van der Waals surface area contributed by atoms with Crippen molar-refractivity contribution in [2.24, 2.45) is 17.8 Å². The van der Waals surface area contributed by atoms with E-state index in [0.29, 0.717) is 17.9 Å². The van der Waals surface area contributed by atoms with Crippen molar-refractivity contribution in [1.82, 2.24) is 10.2 Å². The van der Waals surface area contributed by atoms with E-state index in [1.165, 1.54) is 23.1 Å². The summed E-state index contributed by atoms with van der Waals surface area (Å²) in [6, 6.07) is 17.2. The predicted molar refractivity (Wildman–Crippen MR) is 123 cm³/mol. The highest BCUT2D eigenvalue weighted by molar-refractivity contribution is 5.84. The van der Waals surface area contributed by atoms with Crippen molar-refractivity contribution in [3.05, 3.63) is 70.8 Å². The largest absolute Gasteiger partial charge is 0.352 e. The van der Waals surface area contributed by atoms with Gasteiger partial charge in [0.25, 0.3) is 0 Å². The van der Waals surface area contributed by atoms with Crippen LogP contribution < -0.4 is 5.32 Å². The number of nitrogens with zero attached hydrogens (tertiary/aromatic N) is 1. The van der Waals surface area contributed by atoms with Crippen LogP contribution in [-0.2, 0) is 11.3 Å². The molecule has 2 aliphatic rings. The number of amides is 1. The number of likely N-dealkylation sites (tertiary alicyclic amines) is 1. The molecule has 0 aromatic heterocycles. The summed E-state index contributed by atoms with van der Waals surface area (Å²) in [5.41, 5.74) is 5.38. The van der Waals surface area contributed by atoms with Crippen LogP contribution in [0.5, 0.6) is 0 Å². The Kier molecular flexibility index (Phi) is 6.29. The fourth-order valence-corrected chi connectivity index (χ4v) is 5.76. The maximum atomic E-state index is 13.3. The summed E-state index contributed by atoms with van der Waals surface area (Å²) >= 11 is 0. The highest BCUT2D eigenvalue weighted by atomic mass is 16.2. The van der Waals surface area contributed by atoms with Crippen molar-refractivity contribution < 1.29 is 4.79 Å². The van der Waals surface area contributed by atoms with Crippen molar-refractivity contribution in [2.75, 3.05) is 13.1 Å². The number of hydrogen-bond donors (Lipinski definition) is 1. The molecule has 1 unspecified atom stereocenters. The SMILES string of the molecule is Cc1cccc(C)c1CN1C[C@H]2CC[C@H](NC(=O)C(c3ccccc3)C(C)C)[C@H]2C1. The third-order valence-corrected chi connectivity index (χ3v) is 7.39. The average Bonchev–Trinajstić information content (AvgIpc) is 3.27. The topological polar surface area (TPSA) is 32.3 Å². The Hall–Kier alpha value is -2.13. The summed E-state index contributed by atoms with van der Waals surface area (Å²) in [5.74, 6) is 1.72. The predicted octanol–water partition coefficient (Wildman–Crippen LogP) is 5.07. The lowest BCUT2D eigenvalue weighted by molar-refractivity contribution is -0.124. The fourth-order valence-electron chi connectivity index (χ4n) is 5.76. The van der Waals surface area contributed by atoms with Gasteiger partial charge in [0.05, 0.1) is 5.92 Å². The second-order valence-corrected chi connectivity index (χ2v) is 9.81. The average molecular weight is 405 g/mol. The summed E-state index contributed by atoms with van der Waals surface area (Å²) in [4.78, 5) is 15.9. The zero-order valence-electron chi connectivity index (χ0n) is 18.9.